The molecule has 0 fully saturated rings. The van der Waals surface area contributed by atoms with Gasteiger partial charge in [-0.1, -0.05) is 35.4 Å². The van der Waals surface area contributed by atoms with E-state index in [1.54, 1.807) is 24.3 Å². The summed E-state index contributed by atoms with van der Waals surface area (Å²) < 4.78 is 37.1. The van der Waals surface area contributed by atoms with Crippen LogP contribution in [0, 0.1) is 13.8 Å². The van der Waals surface area contributed by atoms with Crippen LogP contribution in [-0.4, -0.2) is 15.0 Å². The van der Waals surface area contributed by atoms with Crippen LogP contribution in [0.25, 0.3) is 0 Å². The van der Waals surface area contributed by atoms with E-state index in [2.05, 4.69) is 21.2 Å². The molecular weight excluding hydrogens is 502 g/mol. The van der Waals surface area contributed by atoms with Gasteiger partial charge in [-0.2, -0.15) is 8.42 Å². The fourth-order valence-electron chi connectivity index (χ4n) is 2.84. The first-order valence-corrected chi connectivity index (χ1v) is 12.2. The van der Waals surface area contributed by atoms with Gasteiger partial charge in [-0.15, -0.1) is 0 Å². The molecule has 0 aliphatic carbocycles. The number of halogens is 2. The Morgan fingerprint density at radius 2 is 1.74 bits per heavy atom. The summed E-state index contributed by atoms with van der Waals surface area (Å²) in [6, 6.07) is 15.8. The first kappa shape index (κ1) is 23.4. The zero-order valence-corrected chi connectivity index (χ0v) is 20.6. The molecule has 5 nitrogen and oxygen atoms in total. The lowest BCUT2D eigenvalue weighted by molar-refractivity contribution is 0.326. The van der Waals surface area contributed by atoms with Crippen LogP contribution in [0.3, 0.4) is 0 Å². The monoisotopic (exact) mass is 523 g/mol. The third kappa shape index (κ3) is 5.93. The lowest BCUT2D eigenvalue weighted by Crippen LogP contribution is -2.12. The van der Waals surface area contributed by atoms with Crippen LogP contribution in [0.5, 0.6) is 11.5 Å². The number of aryl methyl sites for hydroxylation is 2. The Labute approximate surface area is 196 Å². The van der Waals surface area contributed by atoms with E-state index in [0.717, 1.165) is 22.4 Å². The Kier molecular flexibility index (Phi) is 7.51. The van der Waals surface area contributed by atoms with Crippen LogP contribution >= 0.6 is 27.5 Å². The average molecular weight is 525 g/mol. The average Bonchev–Trinajstić information content (AvgIpc) is 2.72. The van der Waals surface area contributed by atoms with Crippen molar-refractivity contribution in [2.45, 2.75) is 32.2 Å². The molecule has 0 aliphatic rings. The predicted octanol–water partition coefficient (Wildman–Crippen LogP) is 6.50. The van der Waals surface area contributed by atoms with Crippen molar-refractivity contribution in [1.82, 2.24) is 0 Å². The fourth-order valence-corrected chi connectivity index (χ4v) is 4.65. The fraction of sp³-hybridized carbons (Fsp3) is 0.217. The van der Waals surface area contributed by atoms with Crippen molar-refractivity contribution in [3.63, 3.8) is 0 Å². The third-order valence-electron chi connectivity index (χ3n) is 4.54. The van der Waals surface area contributed by atoms with E-state index < -0.39 is 10.1 Å². The van der Waals surface area contributed by atoms with Crippen molar-refractivity contribution in [3.05, 3.63) is 80.8 Å². The summed E-state index contributed by atoms with van der Waals surface area (Å²) >= 11 is 9.62. The first-order chi connectivity index (χ1) is 14.7. The van der Waals surface area contributed by atoms with Crippen molar-refractivity contribution in [3.8, 4) is 11.5 Å². The van der Waals surface area contributed by atoms with E-state index in [9.17, 15) is 8.42 Å². The maximum atomic E-state index is 12.8. The Bertz CT molecular complexity index is 1180. The van der Waals surface area contributed by atoms with Gasteiger partial charge in [0, 0.05) is 17.3 Å². The second-order valence-corrected chi connectivity index (χ2v) is 9.81. The molecule has 0 heterocycles. The van der Waals surface area contributed by atoms with Crippen molar-refractivity contribution < 1.29 is 17.3 Å². The van der Waals surface area contributed by atoms with Gasteiger partial charge in [0.15, 0.2) is 11.5 Å². The summed E-state index contributed by atoms with van der Waals surface area (Å²) in [6.45, 7) is 6.51. The summed E-state index contributed by atoms with van der Waals surface area (Å²) in [7, 11) is -4.01. The number of benzene rings is 3. The van der Waals surface area contributed by atoms with E-state index in [0.29, 0.717) is 28.4 Å². The highest BCUT2D eigenvalue weighted by Gasteiger charge is 2.22. The van der Waals surface area contributed by atoms with Crippen LogP contribution in [0.2, 0.25) is 5.02 Å². The lowest BCUT2D eigenvalue weighted by Gasteiger charge is -2.16. The van der Waals surface area contributed by atoms with Gasteiger partial charge in [0.05, 0.1) is 11.1 Å². The minimum Gasteiger partial charge on any atom is -0.490 e. The summed E-state index contributed by atoms with van der Waals surface area (Å²) in [5.74, 6) is 0.454. The van der Waals surface area contributed by atoms with Crippen molar-refractivity contribution in [2.24, 2.45) is 0 Å². The third-order valence-corrected chi connectivity index (χ3v) is 6.77. The Hall–Kier alpha value is -2.22. The molecule has 31 heavy (non-hydrogen) atoms. The van der Waals surface area contributed by atoms with E-state index in [1.165, 1.54) is 12.1 Å². The molecule has 0 aromatic heterocycles. The molecule has 3 rings (SSSR count). The van der Waals surface area contributed by atoms with Gasteiger partial charge in [-0.05, 0) is 84.2 Å². The number of rotatable bonds is 8. The Morgan fingerprint density at radius 1 is 1.03 bits per heavy atom. The normalized spacial score (nSPS) is 11.3. The van der Waals surface area contributed by atoms with Crippen molar-refractivity contribution in [1.29, 1.82) is 0 Å². The molecule has 1 N–H and O–H groups in total. The highest BCUT2D eigenvalue weighted by atomic mass is 79.9. The molecule has 0 bridgehead atoms. The van der Waals surface area contributed by atoms with Crippen molar-refractivity contribution >= 4 is 43.3 Å². The zero-order chi connectivity index (χ0) is 22.6. The van der Waals surface area contributed by atoms with Crippen molar-refractivity contribution in [2.75, 3.05) is 11.9 Å². The summed E-state index contributed by atoms with van der Waals surface area (Å²) in [6.07, 6.45) is 0. The zero-order valence-electron chi connectivity index (χ0n) is 17.4. The topological polar surface area (TPSA) is 64.6 Å². The maximum absolute atomic E-state index is 12.8. The van der Waals surface area contributed by atoms with Gasteiger partial charge < -0.3 is 14.2 Å². The van der Waals surface area contributed by atoms with E-state index in [4.69, 9.17) is 20.5 Å². The summed E-state index contributed by atoms with van der Waals surface area (Å²) in [5, 5.41) is 3.99. The second-order valence-electron chi connectivity index (χ2n) is 7.01. The van der Waals surface area contributed by atoms with Gasteiger partial charge in [-0.3, -0.25) is 0 Å². The molecule has 0 saturated carbocycles. The number of nitrogens with one attached hydrogen (secondary N) is 1. The van der Waals surface area contributed by atoms with Gasteiger partial charge in [0.1, 0.15) is 4.90 Å². The van der Waals surface area contributed by atoms with E-state index in [-0.39, 0.29) is 10.6 Å². The number of ether oxygens (including phenoxy) is 1. The number of hydrogen-bond acceptors (Lipinski definition) is 5. The van der Waals surface area contributed by atoms with Crippen LogP contribution in [0.15, 0.2) is 64.0 Å². The maximum Gasteiger partial charge on any atom is 0.339 e. The molecule has 0 atom stereocenters. The molecular formula is C23H23BrClNO4S. The molecule has 164 valence electrons. The second kappa shape index (κ2) is 9.94. The molecule has 0 spiro atoms. The quantitative estimate of drug-likeness (QED) is 0.341. The van der Waals surface area contributed by atoms with Gasteiger partial charge in [0.2, 0.25) is 0 Å². The highest BCUT2D eigenvalue weighted by Crippen LogP contribution is 2.39. The van der Waals surface area contributed by atoms with Gasteiger partial charge in [-0.25, -0.2) is 0 Å². The number of hydrogen-bond donors (Lipinski definition) is 1. The van der Waals surface area contributed by atoms with Gasteiger partial charge >= 0.3 is 10.1 Å². The van der Waals surface area contributed by atoms with E-state index in [1.807, 2.05) is 39.0 Å². The van der Waals surface area contributed by atoms with Crippen LogP contribution in [0.4, 0.5) is 5.69 Å². The molecule has 0 radical (unpaired) electrons. The molecule has 0 saturated heterocycles. The van der Waals surface area contributed by atoms with Gasteiger partial charge in [0.25, 0.3) is 0 Å². The first-order valence-electron chi connectivity index (χ1n) is 9.66. The number of anilines is 1. The Morgan fingerprint density at radius 3 is 2.39 bits per heavy atom. The minimum absolute atomic E-state index is 0.0782. The van der Waals surface area contributed by atoms with E-state index >= 15 is 0 Å². The standard InChI is InChI=1S/C23H23BrClNO4S/c1-4-29-22-12-17(14-26-18-8-7-16(3)21(25)13-18)11-20(24)23(22)30-31(27,28)19-9-5-15(2)6-10-19/h5-13,26H,4,14H2,1-3H3. The minimum atomic E-state index is -4.01. The summed E-state index contributed by atoms with van der Waals surface area (Å²) in [4.78, 5) is 0.0782. The largest absolute Gasteiger partial charge is 0.490 e. The highest BCUT2D eigenvalue weighted by molar-refractivity contribution is 9.10. The SMILES string of the molecule is CCOc1cc(CNc2ccc(C)c(Cl)c2)cc(Br)c1OS(=O)(=O)c1ccc(C)cc1. The Balaban J connectivity index is 1.86. The van der Waals surface area contributed by atoms with Crippen LogP contribution < -0.4 is 14.2 Å². The van der Waals surface area contributed by atoms with Crippen LogP contribution in [-0.2, 0) is 16.7 Å². The smallest absolute Gasteiger partial charge is 0.339 e. The molecule has 8 heteroatoms. The molecule has 3 aromatic rings. The summed E-state index contributed by atoms with van der Waals surface area (Å²) in [5.41, 5.74) is 3.73. The molecule has 3 aromatic carbocycles. The lowest BCUT2D eigenvalue weighted by atomic mass is 10.2. The molecule has 0 aliphatic heterocycles. The predicted molar refractivity (Wildman–Crippen MR) is 128 cm³/mol. The molecule has 0 amide bonds. The van der Waals surface area contributed by atoms with Crippen LogP contribution in [0.1, 0.15) is 23.6 Å². The molecule has 0 unspecified atom stereocenters.